The van der Waals surface area contributed by atoms with E-state index in [4.69, 9.17) is 0 Å². The number of pyridine rings is 2. The lowest BCUT2D eigenvalue weighted by atomic mass is 10.0. The zero-order chi connectivity index (χ0) is 25.2. The number of carboxylic acid groups (broad SMARTS) is 1. The molecule has 0 saturated carbocycles. The molecule has 35 heavy (non-hydrogen) atoms. The summed E-state index contributed by atoms with van der Waals surface area (Å²) in [6, 6.07) is 2.86. The standard InChI is InChI=1S/C24H20F2N6O3/c1-10-5-11(9-32-22(10)29-8-13(23(32)33)24(34)35)12-7-28-21-17(20(12)31(3)4)16-18(26)14(25)6-15(27-2)19(16)30-21/h5-9,27H,1-4H3,(H,28,30)(H,34,35). The summed E-state index contributed by atoms with van der Waals surface area (Å²) < 4.78 is 30.8. The van der Waals surface area contributed by atoms with Crippen molar-refractivity contribution in [1.29, 1.82) is 0 Å². The van der Waals surface area contributed by atoms with Gasteiger partial charge in [0.05, 0.1) is 27.7 Å². The maximum absolute atomic E-state index is 15.1. The summed E-state index contributed by atoms with van der Waals surface area (Å²) in [6.07, 6.45) is 4.08. The Balaban J connectivity index is 1.92. The summed E-state index contributed by atoms with van der Waals surface area (Å²) in [5.41, 5.74) is 2.45. The van der Waals surface area contributed by atoms with E-state index in [1.807, 2.05) is 0 Å². The molecule has 0 fully saturated rings. The first-order valence-corrected chi connectivity index (χ1v) is 10.6. The van der Waals surface area contributed by atoms with Crippen molar-refractivity contribution in [3.05, 3.63) is 63.8 Å². The van der Waals surface area contributed by atoms with E-state index in [1.165, 1.54) is 10.6 Å². The third-order valence-electron chi connectivity index (χ3n) is 6.01. The van der Waals surface area contributed by atoms with Crippen LogP contribution in [-0.2, 0) is 0 Å². The molecule has 0 aliphatic heterocycles. The second-order valence-electron chi connectivity index (χ2n) is 8.37. The predicted octanol–water partition coefficient (Wildman–Crippen LogP) is 3.78. The van der Waals surface area contributed by atoms with E-state index in [9.17, 15) is 19.1 Å². The highest BCUT2D eigenvalue weighted by molar-refractivity contribution is 6.18. The lowest BCUT2D eigenvalue weighted by molar-refractivity contribution is 0.0694. The Morgan fingerprint density at radius 3 is 2.57 bits per heavy atom. The number of aromatic amines is 1. The Kier molecular flexibility index (Phi) is 4.93. The molecule has 5 rings (SSSR count). The highest BCUT2D eigenvalue weighted by Gasteiger charge is 2.24. The number of anilines is 2. The molecule has 3 N–H and O–H groups in total. The number of aromatic nitrogens is 4. The normalized spacial score (nSPS) is 11.5. The Morgan fingerprint density at radius 1 is 1.17 bits per heavy atom. The third kappa shape index (κ3) is 3.19. The van der Waals surface area contributed by atoms with Gasteiger partial charge in [0.2, 0.25) is 0 Å². The van der Waals surface area contributed by atoms with E-state index in [0.717, 1.165) is 12.3 Å². The maximum Gasteiger partial charge on any atom is 0.342 e. The first-order valence-electron chi connectivity index (χ1n) is 10.6. The van der Waals surface area contributed by atoms with Crippen LogP contribution in [0.5, 0.6) is 0 Å². The van der Waals surface area contributed by atoms with Gasteiger partial charge in [0, 0.05) is 56.9 Å². The molecule has 0 bridgehead atoms. The van der Waals surface area contributed by atoms with Gasteiger partial charge >= 0.3 is 5.97 Å². The average molecular weight is 478 g/mol. The minimum absolute atomic E-state index is 0.0481. The SMILES string of the molecule is CNc1cc(F)c(F)c2c1[nH]c1ncc(-c3cc(C)c4ncc(C(=O)O)c(=O)n4c3)c(N(C)C)c12. The number of benzene rings is 1. The zero-order valence-electron chi connectivity index (χ0n) is 19.2. The van der Waals surface area contributed by atoms with Crippen molar-refractivity contribution >= 4 is 44.9 Å². The first-order chi connectivity index (χ1) is 16.6. The number of halogens is 2. The summed E-state index contributed by atoms with van der Waals surface area (Å²) in [5, 5.41) is 12.6. The Labute approximate surface area is 196 Å². The van der Waals surface area contributed by atoms with Crippen molar-refractivity contribution in [2.24, 2.45) is 0 Å². The topological polar surface area (TPSA) is 116 Å². The van der Waals surface area contributed by atoms with Crippen molar-refractivity contribution < 1.29 is 18.7 Å². The second kappa shape index (κ2) is 7.76. The molecule has 4 heterocycles. The van der Waals surface area contributed by atoms with Gasteiger partial charge in [-0.05, 0) is 18.6 Å². The zero-order valence-corrected chi connectivity index (χ0v) is 19.2. The van der Waals surface area contributed by atoms with E-state index in [2.05, 4.69) is 20.3 Å². The van der Waals surface area contributed by atoms with Gasteiger partial charge in [0.25, 0.3) is 5.56 Å². The Morgan fingerprint density at radius 2 is 1.91 bits per heavy atom. The van der Waals surface area contributed by atoms with E-state index < -0.39 is 28.7 Å². The summed E-state index contributed by atoms with van der Waals surface area (Å²) >= 11 is 0. The van der Waals surface area contributed by atoms with Gasteiger partial charge in [-0.15, -0.1) is 0 Å². The smallest absolute Gasteiger partial charge is 0.342 e. The number of aromatic carboxylic acids is 1. The summed E-state index contributed by atoms with van der Waals surface area (Å²) in [5.74, 6) is -3.39. The van der Waals surface area contributed by atoms with Crippen LogP contribution in [0.2, 0.25) is 0 Å². The van der Waals surface area contributed by atoms with Crippen LogP contribution in [0.4, 0.5) is 20.2 Å². The Bertz CT molecular complexity index is 1760. The lowest BCUT2D eigenvalue weighted by Gasteiger charge is -2.20. The molecular formula is C24H20F2N6O3. The fourth-order valence-electron chi connectivity index (χ4n) is 4.46. The van der Waals surface area contributed by atoms with E-state index in [-0.39, 0.29) is 5.39 Å². The van der Waals surface area contributed by atoms with Gasteiger partial charge in [-0.2, -0.15) is 0 Å². The van der Waals surface area contributed by atoms with Crippen LogP contribution >= 0.6 is 0 Å². The Hall–Kier alpha value is -4.54. The summed E-state index contributed by atoms with van der Waals surface area (Å²) in [6.45, 7) is 1.74. The van der Waals surface area contributed by atoms with Crippen LogP contribution in [0.15, 0.2) is 35.5 Å². The van der Waals surface area contributed by atoms with Crippen LogP contribution in [-0.4, -0.2) is 51.6 Å². The van der Waals surface area contributed by atoms with Crippen molar-refractivity contribution in [1.82, 2.24) is 19.4 Å². The fourth-order valence-corrected chi connectivity index (χ4v) is 4.46. The maximum atomic E-state index is 15.1. The number of carbonyl (C=O) groups is 1. The van der Waals surface area contributed by atoms with Gasteiger partial charge in [-0.3, -0.25) is 9.20 Å². The number of fused-ring (bicyclic) bond motifs is 4. The number of nitrogens with zero attached hydrogens (tertiary/aromatic N) is 4. The minimum atomic E-state index is -1.38. The number of H-pyrrole nitrogens is 1. The van der Waals surface area contributed by atoms with Gasteiger partial charge in [-0.1, -0.05) is 0 Å². The van der Waals surface area contributed by atoms with Crippen LogP contribution in [0, 0.1) is 18.6 Å². The van der Waals surface area contributed by atoms with Crippen LogP contribution in [0.25, 0.3) is 38.7 Å². The molecular weight excluding hydrogens is 458 g/mol. The quantitative estimate of drug-likeness (QED) is 0.360. The molecule has 5 aromatic rings. The number of nitrogens with one attached hydrogen (secondary N) is 2. The van der Waals surface area contributed by atoms with Crippen LogP contribution in [0.3, 0.4) is 0 Å². The largest absolute Gasteiger partial charge is 0.477 e. The van der Waals surface area contributed by atoms with Crippen molar-refractivity contribution in [3.8, 4) is 11.1 Å². The first kappa shape index (κ1) is 22.3. The molecule has 9 nitrogen and oxygen atoms in total. The van der Waals surface area contributed by atoms with Crippen molar-refractivity contribution in [2.75, 3.05) is 31.4 Å². The molecule has 11 heteroatoms. The third-order valence-corrected chi connectivity index (χ3v) is 6.01. The van der Waals surface area contributed by atoms with E-state index in [1.54, 1.807) is 45.2 Å². The molecule has 0 aliphatic rings. The number of rotatable bonds is 4. The molecule has 0 saturated heterocycles. The van der Waals surface area contributed by atoms with Gasteiger partial charge in [0.15, 0.2) is 11.6 Å². The average Bonchev–Trinajstić information content (AvgIpc) is 3.20. The van der Waals surface area contributed by atoms with Crippen LogP contribution in [0.1, 0.15) is 15.9 Å². The highest BCUT2D eigenvalue weighted by Crippen LogP contribution is 2.42. The molecule has 0 spiro atoms. The molecule has 0 radical (unpaired) electrons. The molecule has 0 aliphatic carbocycles. The van der Waals surface area contributed by atoms with Gasteiger partial charge in [0.1, 0.15) is 16.9 Å². The second-order valence-corrected chi connectivity index (χ2v) is 8.37. The monoisotopic (exact) mass is 478 g/mol. The molecule has 0 amide bonds. The molecule has 0 atom stereocenters. The minimum Gasteiger partial charge on any atom is -0.477 e. The van der Waals surface area contributed by atoms with E-state index >= 15 is 4.39 Å². The number of hydrogen-bond acceptors (Lipinski definition) is 6. The highest BCUT2D eigenvalue weighted by atomic mass is 19.2. The number of aryl methyl sites for hydroxylation is 1. The fraction of sp³-hybridized carbons (Fsp3) is 0.167. The number of carboxylic acids is 1. The molecule has 0 unspecified atom stereocenters. The lowest BCUT2D eigenvalue weighted by Crippen LogP contribution is -2.23. The van der Waals surface area contributed by atoms with E-state index in [0.29, 0.717) is 50.3 Å². The van der Waals surface area contributed by atoms with Gasteiger partial charge in [-0.25, -0.2) is 23.5 Å². The summed E-state index contributed by atoms with van der Waals surface area (Å²) in [7, 11) is 5.13. The molecule has 1 aromatic carbocycles. The molecule has 4 aromatic heterocycles. The van der Waals surface area contributed by atoms with Crippen LogP contribution < -0.4 is 15.8 Å². The van der Waals surface area contributed by atoms with Gasteiger partial charge < -0.3 is 20.3 Å². The predicted molar refractivity (Wildman–Crippen MR) is 130 cm³/mol. The molecule has 178 valence electrons. The van der Waals surface area contributed by atoms with Crippen molar-refractivity contribution in [2.45, 2.75) is 6.92 Å². The number of hydrogen-bond donors (Lipinski definition) is 3. The van der Waals surface area contributed by atoms with Crippen molar-refractivity contribution in [3.63, 3.8) is 0 Å². The summed E-state index contributed by atoms with van der Waals surface area (Å²) in [4.78, 5) is 37.7.